The van der Waals surface area contributed by atoms with Crippen molar-refractivity contribution in [3.05, 3.63) is 0 Å². The zero-order valence-corrected chi connectivity index (χ0v) is 13.3. The van der Waals surface area contributed by atoms with Crippen LogP contribution in [-0.2, 0) is 14.3 Å². The lowest BCUT2D eigenvalue weighted by Crippen LogP contribution is -2.50. The molecule has 0 aromatic heterocycles. The van der Waals surface area contributed by atoms with E-state index in [1.807, 2.05) is 20.8 Å². The molecule has 6 heteroatoms. The normalized spacial score (nSPS) is 30.5. The standard InChI is InChI=1S/C15H25NO5/c1-8(13(17)18)12(20-5)11-7-9-6-10(9)16(11)14(19)21-15(2,3)4/h8-12H,6-7H2,1-5H3,(H,17,18)/t8-,9+,10+,11?,12-/m1/s1. The van der Waals surface area contributed by atoms with Gasteiger partial charge in [-0.1, -0.05) is 0 Å². The van der Waals surface area contributed by atoms with E-state index >= 15 is 0 Å². The highest BCUT2D eigenvalue weighted by molar-refractivity contribution is 5.72. The van der Waals surface area contributed by atoms with Gasteiger partial charge in [-0.3, -0.25) is 9.69 Å². The summed E-state index contributed by atoms with van der Waals surface area (Å²) in [5, 5.41) is 9.22. The Morgan fingerprint density at radius 2 is 1.90 bits per heavy atom. The molecule has 21 heavy (non-hydrogen) atoms. The maximum absolute atomic E-state index is 12.4. The van der Waals surface area contributed by atoms with Crippen LogP contribution in [0.1, 0.15) is 40.5 Å². The van der Waals surface area contributed by atoms with Crippen molar-refractivity contribution in [2.24, 2.45) is 11.8 Å². The third-order valence-electron chi connectivity index (χ3n) is 4.28. The molecule has 2 fully saturated rings. The van der Waals surface area contributed by atoms with Gasteiger partial charge in [0.1, 0.15) is 5.60 Å². The van der Waals surface area contributed by atoms with Crippen LogP contribution in [0.4, 0.5) is 4.79 Å². The second-order valence-electron chi connectivity index (χ2n) is 7.08. The molecule has 1 heterocycles. The summed E-state index contributed by atoms with van der Waals surface area (Å²) in [6.45, 7) is 7.10. The van der Waals surface area contributed by atoms with Crippen molar-refractivity contribution in [2.75, 3.05) is 7.11 Å². The summed E-state index contributed by atoms with van der Waals surface area (Å²) in [5.41, 5.74) is -0.560. The number of hydrogen-bond donors (Lipinski definition) is 1. The van der Waals surface area contributed by atoms with Gasteiger partial charge in [-0.2, -0.15) is 0 Å². The van der Waals surface area contributed by atoms with Crippen LogP contribution in [0.2, 0.25) is 0 Å². The second-order valence-corrected chi connectivity index (χ2v) is 7.08. The third-order valence-corrected chi connectivity index (χ3v) is 4.28. The highest BCUT2D eigenvalue weighted by atomic mass is 16.6. The Morgan fingerprint density at radius 3 is 2.38 bits per heavy atom. The summed E-state index contributed by atoms with van der Waals surface area (Å²) in [5.74, 6) is -1.12. The van der Waals surface area contributed by atoms with Crippen molar-refractivity contribution < 1.29 is 24.2 Å². The van der Waals surface area contributed by atoms with Crippen molar-refractivity contribution in [2.45, 2.75) is 64.3 Å². The second kappa shape index (κ2) is 5.48. The van der Waals surface area contributed by atoms with Gasteiger partial charge in [-0.15, -0.1) is 0 Å². The molecule has 6 nitrogen and oxygen atoms in total. The maximum atomic E-state index is 12.4. The van der Waals surface area contributed by atoms with Gasteiger partial charge in [0, 0.05) is 13.2 Å². The Labute approximate surface area is 125 Å². The maximum Gasteiger partial charge on any atom is 0.410 e. The Morgan fingerprint density at radius 1 is 1.29 bits per heavy atom. The quantitative estimate of drug-likeness (QED) is 0.860. The number of carbonyl (C=O) groups is 2. The van der Waals surface area contributed by atoms with E-state index < -0.39 is 23.6 Å². The molecular formula is C15H25NO5. The number of carboxylic acid groups (broad SMARTS) is 1. The zero-order valence-electron chi connectivity index (χ0n) is 13.3. The number of piperidine rings is 1. The molecule has 0 spiro atoms. The van der Waals surface area contributed by atoms with Crippen molar-refractivity contribution in [1.82, 2.24) is 4.90 Å². The highest BCUT2D eigenvalue weighted by Crippen LogP contribution is 2.50. The number of amides is 1. The summed E-state index contributed by atoms with van der Waals surface area (Å²) < 4.78 is 10.9. The van der Waals surface area contributed by atoms with Gasteiger partial charge in [-0.25, -0.2) is 4.79 Å². The first-order valence-corrected chi connectivity index (χ1v) is 7.42. The molecule has 2 aliphatic rings. The summed E-state index contributed by atoms with van der Waals surface area (Å²) in [4.78, 5) is 25.4. The average molecular weight is 299 g/mol. The number of aliphatic carboxylic acids is 1. The Balaban J connectivity index is 2.14. The molecule has 5 atom stereocenters. The van der Waals surface area contributed by atoms with Crippen molar-refractivity contribution in [1.29, 1.82) is 0 Å². The first kappa shape index (κ1) is 16.1. The summed E-state index contributed by atoms with van der Waals surface area (Å²) >= 11 is 0. The lowest BCUT2D eigenvalue weighted by atomic mass is 9.94. The van der Waals surface area contributed by atoms with Crippen LogP contribution in [-0.4, -0.2) is 53.0 Å². The van der Waals surface area contributed by atoms with Crippen molar-refractivity contribution in [3.8, 4) is 0 Å². The van der Waals surface area contributed by atoms with Gasteiger partial charge in [0.2, 0.25) is 0 Å². The van der Waals surface area contributed by atoms with Crippen LogP contribution in [0.5, 0.6) is 0 Å². The van der Waals surface area contributed by atoms with E-state index in [0.717, 1.165) is 12.8 Å². The van der Waals surface area contributed by atoms with Gasteiger partial charge >= 0.3 is 12.1 Å². The fourth-order valence-electron chi connectivity index (χ4n) is 3.21. The number of hydrogen-bond acceptors (Lipinski definition) is 4. The minimum absolute atomic E-state index is 0.184. The number of likely N-dealkylation sites (tertiary alicyclic amines) is 1. The molecule has 1 N–H and O–H groups in total. The van der Waals surface area contributed by atoms with Gasteiger partial charge < -0.3 is 14.6 Å². The average Bonchev–Trinajstić information content (AvgIpc) is 2.98. The smallest absolute Gasteiger partial charge is 0.410 e. The number of carboxylic acids is 1. The van der Waals surface area contributed by atoms with Crippen LogP contribution in [0.15, 0.2) is 0 Å². The van der Waals surface area contributed by atoms with Gasteiger partial charge in [0.05, 0.1) is 18.1 Å². The van der Waals surface area contributed by atoms with Gasteiger partial charge in [-0.05, 0) is 46.5 Å². The van der Waals surface area contributed by atoms with Crippen LogP contribution in [0, 0.1) is 11.8 Å². The zero-order chi connectivity index (χ0) is 15.9. The van der Waals surface area contributed by atoms with E-state index in [9.17, 15) is 14.7 Å². The molecular weight excluding hydrogens is 274 g/mol. The topological polar surface area (TPSA) is 76.1 Å². The molecule has 1 saturated heterocycles. The number of carbonyl (C=O) groups excluding carboxylic acids is 1. The predicted molar refractivity (Wildman–Crippen MR) is 76.0 cm³/mol. The Hall–Kier alpha value is -1.30. The van der Waals surface area contributed by atoms with Gasteiger partial charge in [0.15, 0.2) is 0 Å². The fourth-order valence-corrected chi connectivity index (χ4v) is 3.21. The van der Waals surface area contributed by atoms with Gasteiger partial charge in [0.25, 0.3) is 0 Å². The first-order valence-electron chi connectivity index (χ1n) is 7.42. The minimum atomic E-state index is -0.911. The predicted octanol–water partition coefficient (Wildman–Crippen LogP) is 2.12. The molecule has 120 valence electrons. The fraction of sp³-hybridized carbons (Fsp3) is 0.867. The molecule has 1 aliphatic heterocycles. The molecule has 0 bridgehead atoms. The Bertz CT molecular complexity index is 430. The van der Waals surface area contributed by atoms with E-state index in [4.69, 9.17) is 9.47 Å². The molecule has 0 aromatic carbocycles. The largest absolute Gasteiger partial charge is 0.481 e. The molecule has 1 unspecified atom stereocenters. The molecule has 0 aromatic rings. The number of methoxy groups -OCH3 is 1. The van der Waals surface area contributed by atoms with E-state index in [0.29, 0.717) is 5.92 Å². The summed E-state index contributed by atoms with van der Waals surface area (Å²) in [6.07, 6.45) is 0.896. The van der Waals surface area contributed by atoms with E-state index in [1.54, 1.807) is 11.8 Å². The van der Waals surface area contributed by atoms with E-state index in [1.165, 1.54) is 7.11 Å². The number of nitrogens with zero attached hydrogens (tertiary/aromatic N) is 1. The van der Waals surface area contributed by atoms with Crippen LogP contribution in [0.25, 0.3) is 0 Å². The lowest BCUT2D eigenvalue weighted by molar-refractivity contribution is -0.148. The lowest BCUT2D eigenvalue weighted by Gasteiger charge is -2.35. The molecule has 0 radical (unpaired) electrons. The summed E-state index contributed by atoms with van der Waals surface area (Å²) in [6, 6.07) is -0.0387. The number of ether oxygens (including phenoxy) is 2. The van der Waals surface area contributed by atoms with Crippen LogP contribution >= 0.6 is 0 Å². The van der Waals surface area contributed by atoms with E-state index in [-0.39, 0.29) is 18.2 Å². The first-order chi connectivity index (χ1) is 9.65. The molecule has 1 amide bonds. The highest BCUT2D eigenvalue weighted by Gasteiger charge is 2.58. The molecule has 2 rings (SSSR count). The monoisotopic (exact) mass is 299 g/mol. The SMILES string of the molecule is CO[C@@H](C1C[C@@H]2C[C@@H]2N1C(=O)OC(C)(C)C)[C@@H](C)C(=O)O. The minimum Gasteiger partial charge on any atom is -0.481 e. The number of rotatable bonds is 4. The van der Waals surface area contributed by atoms with Crippen molar-refractivity contribution >= 4 is 12.1 Å². The third kappa shape index (κ3) is 3.31. The number of fused-ring (bicyclic) bond motifs is 1. The summed E-state index contributed by atoms with van der Waals surface area (Å²) in [7, 11) is 1.50. The molecule has 1 aliphatic carbocycles. The van der Waals surface area contributed by atoms with Crippen LogP contribution < -0.4 is 0 Å². The Kier molecular flexibility index (Phi) is 4.19. The molecule has 1 saturated carbocycles. The van der Waals surface area contributed by atoms with Crippen LogP contribution in [0.3, 0.4) is 0 Å². The van der Waals surface area contributed by atoms with E-state index in [2.05, 4.69) is 0 Å². The van der Waals surface area contributed by atoms with Crippen molar-refractivity contribution in [3.63, 3.8) is 0 Å².